The quantitative estimate of drug-likeness (QED) is 0.862. The van der Waals surface area contributed by atoms with Gasteiger partial charge in [0.05, 0.1) is 13.3 Å². The average Bonchev–Trinajstić information content (AvgIpc) is 2.85. The third-order valence-electron chi connectivity index (χ3n) is 2.93. The van der Waals surface area contributed by atoms with Crippen molar-refractivity contribution in [3.05, 3.63) is 21.9 Å². The second-order valence-corrected chi connectivity index (χ2v) is 5.10. The molecule has 19 heavy (non-hydrogen) atoms. The van der Waals surface area contributed by atoms with E-state index in [9.17, 15) is 19.1 Å². The van der Waals surface area contributed by atoms with E-state index >= 15 is 0 Å². The first-order valence-corrected chi connectivity index (χ1v) is 6.81. The Morgan fingerprint density at radius 1 is 1.58 bits per heavy atom. The average molecular weight is 287 g/mol. The summed E-state index contributed by atoms with van der Waals surface area (Å²) in [4.78, 5) is 25.1. The van der Waals surface area contributed by atoms with Crippen molar-refractivity contribution in [1.29, 1.82) is 0 Å². The SMILES string of the molecule is O=C(O)C1c2sccc2CCN1C(=O)OCCCF. The fourth-order valence-electron chi connectivity index (χ4n) is 2.04. The van der Waals surface area contributed by atoms with E-state index in [1.54, 1.807) is 0 Å². The number of thiophene rings is 1. The molecule has 0 bridgehead atoms. The predicted molar refractivity (Wildman–Crippen MR) is 67.0 cm³/mol. The molecule has 0 aromatic carbocycles. The lowest BCUT2D eigenvalue weighted by atomic mass is 10.0. The minimum atomic E-state index is -1.08. The van der Waals surface area contributed by atoms with E-state index < -0.39 is 24.8 Å². The summed E-state index contributed by atoms with van der Waals surface area (Å²) >= 11 is 1.32. The summed E-state index contributed by atoms with van der Waals surface area (Å²) < 4.78 is 16.8. The molecule has 1 aromatic heterocycles. The largest absolute Gasteiger partial charge is 0.479 e. The van der Waals surface area contributed by atoms with Crippen LogP contribution in [0.25, 0.3) is 0 Å². The molecule has 0 aliphatic carbocycles. The van der Waals surface area contributed by atoms with Crippen LogP contribution in [0.2, 0.25) is 0 Å². The highest BCUT2D eigenvalue weighted by Crippen LogP contribution is 2.34. The van der Waals surface area contributed by atoms with Crippen molar-refractivity contribution in [2.75, 3.05) is 19.8 Å². The standard InChI is InChI=1S/C12H14FNO4S/c13-4-1-6-18-12(17)14-5-2-8-3-7-19-10(8)9(14)11(15)16/h3,7,9H,1-2,4-6H2,(H,15,16). The van der Waals surface area contributed by atoms with Crippen LogP contribution < -0.4 is 0 Å². The first kappa shape index (κ1) is 13.8. The highest BCUT2D eigenvalue weighted by atomic mass is 32.1. The van der Waals surface area contributed by atoms with Crippen molar-refractivity contribution in [2.24, 2.45) is 0 Å². The predicted octanol–water partition coefficient (Wildman–Crippen LogP) is 2.23. The monoisotopic (exact) mass is 287 g/mol. The Hall–Kier alpha value is -1.63. The minimum absolute atomic E-state index is 0.0323. The molecule has 1 N–H and O–H groups in total. The van der Waals surface area contributed by atoms with Crippen molar-refractivity contribution in [1.82, 2.24) is 4.90 Å². The van der Waals surface area contributed by atoms with Crippen LogP contribution in [-0.2, 0) is 16.0 Å². The number of carbonyl (C=O) groups is 2. The molecule has 0 saturated carbocycles. The molecule has 7 heteroatoms. The van der Waals surface area contributed by atoms with Gasteiger partial charge in [-0.25, -0.2) is 9.59 Å². The van der Waals surface area contributed by atoms with Crippen LogP contribution in [0.1, 0.15) is 22.9 Å². The van der Waals surface area contributed by atoms with Crippen LogP contribution in [0.15, 0.2) is 11.4 Å². The number of fused-ring (bicyclic) bond motifs is 1. The van der Waals surface area contributed by atoms with Gasteiger partial charge in [-0.3, -0.25) is 9.29 Å². The third kappa shape index (κ3) is 2.86. The number of carbonyl (C=O) groups excluding carboxylic acids is 1. The Balaban J connectivity index is 2.12. The maximum absolute atomic E-state index is 11.9. The van der Waals surface area contributed by atoms with Gasteiger partial charge < -0.3 is 9.84 Å². The van der Waals surface area contributed by atoms with Crippen molar-refractivity contribution >= 4 is 23.4 Å². The van der Waals surface area contributed by atoms with Gasteiger partial charge in [-0.2, -0.15) is 0 Å². The molecule has 104 valence electrons. The molecule has 1 aromatic rings. The zero-order valence-corrected chi connectivity index (χ0v) is 11.0. The van der Waals surface area contributed by atoms with Gasteiger partial charge >= 0.3 is 12.1 Å². The van der Waals surface area contributed by atoms with Gasteiger partial charge in [-0.1, -0.05) is 0 Å². The lowest BCUT2D eigenvalue weighted by Crippen LogP contribution is -2.43. The van der Waals surface area contributed by atoms with Crippen LogP contribution in [0.3, 0.4) is 0 Å². The van der Waals surface area contributed by atoms with Crippen molar-refractivity contribution in [3.8, 4) is 0 Å². The van der Waals surface area contributed by atoms with Gasteiger partial charge in [-0.05, 0) is 23.4 Å². The molecule has 1 unspecified atom stereocenters. The van der Waals surface area contributed by atoms with Crippen LogP contribution in [0, 0.1) is 0 Å². The van der Waals surface area contributed by atoms with E-state index in [0.29, 0.717) is 17.8 Å². The van der Waals surface area contributed by atoms with E-state index in [4.69, 9.17) is 4.74 Å². The number of rotatable bonds is 4. The summed E-state index contributed by atoms with van der Waals surface area (Å²) in [5.74, 6) is -1.08. The van der Waals surface area contributed by atoms with Gasteiger partial charge in [0.25, 0.3) is 0 Å². The van der Waals surface area contributed by atoms with E-state index in [1.165, 1.54) is 16.2 Å². The lowest BCUT2D eigenvalue weighted by Gasteiger charge is -2.32. The Morgan fingerprint density at radius 3 is 3.05 bits per heavy atom. The fraction of sp³-hybridized carbons (Fsp3) is 0.500. The summed E-state index contributed by atoms with van der Waals surface area (Å²) in [6.45, 7) is -0.296. The molecular weight excluding hydrogens is 273 g/mol. The number of hydrogen-bond acceptors (Lipinski definition) is 4. The third-order valence-corrected chi connectivity index (χ3v) is 3.95. The van der Waals surface area contributed by atoms with Crippen molar-refractivity contribution < 1.29 is 23.8 Å². The lowest BCUT2D eigenvalue weighted by molar-refractivity contribution is -0.143. The Kier molecular flexibility index (Phi) is 4.36. The molecule has 0 radical (unpaired) electrons. The molecule has 1 aliphatic heterocycles. The van der Waals surface area contributed by atoms with Crippen LogP contribution in [0.5, 0.6) is 0 Å². The number of carboxylic acids is 1. The first-order valence-electron chi connectivity index (χ1n) is 5.93. The zero-order valence-electron chi connectivity index (χ0n) is 10.2. The molecule has 1 aliphatic rings. The molecule has 2 rings (SSSR count). The molecule has 5 nitrogen and oxygen atoms in total. The van der Waals surface area contributed by atoms with Crippen molar-refractivity contribution in [2.45, 2.75) is 18.9 Å². The van der Waals surface area contributed by atoms with Gasteiger partial charge in [0.15, 0.2) is 6.04 Å². The van der Waals surface area contributed by atoms with E-state index in [1.807, 2.05) is 11.4 Å². The molecule has 0 spiro atoms. The number of ether oxygens (including phenoxy) is 1. The molecule has 0 saturated heterocycles. The van der Waals surface area contributed by atoms with Crippen molar-refractivity contribution in [3.63, 3.8) is 0 Å². The van der Waals surface area contributed by atoms with Gasteiger partial charge in [-0.15, -0.1) is 11.3 Å². The molecule has 0 fully saturated rings. The second kappa shape index (κ2) is 6.01. The molecule has 1 atom stereocenters. The Morgan fingerprint density at radius 2 is 2.37 bits per heavy atom. The fourth-order valence-corrected chi connectivity index (χ4v) is 3.10. The van der Waals surface area contributed by atoms with Gasteiger partial charge in [0.2, 0.25) is 0 Å². The Labute approximate surface area is 113 Å². The van der Waals surface area contributed by atoms with E-state index in [2.05, 4.69) is 0 Å². The summed E-state index contributed by atoms with van der Waals surface area (Å²) in [6, 6.07) is 0.878. The minimum Gasteiger partial charge on any atom is -0.479 e. The first-order chi connectivity index (χ1) is 9.15. The van der Waals surface area contributed by atoms with Crippen LogP contribution in [-0.4, -0.2) is 41.9 Å². The normalized spacial score (nSPS) is 17.9. The second-order valence-electron chi connectivity index (χ2n) is 4.15. The highest BCUT2D eigenvalue weighted by molar-refractivity contribution is 7.10. The maximum atomic E-state index is 11.9. The molecule has 1 amide bonds. The number of carboxylic acid groups (broad SMARTS) is 1. The number of hydrogen-bond donors (Lipinski definition) is 1. The molecular formula is C12H14FNO4S. The number of aliphatic carboxylic acids is 1. The summed E-state index contributed by atoms with van der Waals surface area (Å²) in [5.41, 5.74) is 0.963. The topological polar surface area (TPSA) is 66.8 Å². The molecule has 2 heterocycles. The Bertz CT molecular complexity index is 476. The van der Waals surface area contributed by atoms with Gasteiger partial charge in [0.1, 0.15) is 0 Å². The number of alkyl halides is 1. The van der Waals surface area contributed by atoms with Crippen LogP contribution in [0.4, 0.5) is 9.18 Å². The summed E-state index contributed by atoms with van der Waals surface area (Å²) in [5, 5.41) is 11.1. The van der Waals surface area contributed by atoms with E-state index in [0.717, 1.165) is 5.56 Å². The van der Waals surface area contributed by atoms with Gasteiger partial charge in [0, 0.05) is 17.8 Å². The number of nitrogens with zero attached hydrogens (tertiary/aromatic N) is 1. The smallest absolute Gasteiger partial charge is 0.410 e. The summed E-state index contributed by atoms with van der Waals surface area (Å²) in [7, 11) is 0. The summed E-state index contributed by atoms with van der Waals surface area (Å²) in [6.07, 6.45) is 0.0439. The zero-order chi connectivity index (χ0) is 13.8. The number of amides is 1. The maximum Gasteiger partial charge on any atom is 0.410 e. The van der Waals surface area contributed by atoms with Crippen LogP contribution >= 0.6 is 11.3 Å². The number of halogens is 1. The van der Waals surface area contributed by atoms with E-state index in [-0.39, 0.29) is 13.0 Å². The highest BCUT2D eigenvalue weighted by Gasteiger charge is 2.37.